The molecule has 164 valence electrons. The van der Waals surface area contributed by atoms with E-state index in [-0.39, 0.29) is 5.75 Å². The molecule has 7 nitrogen and oxygen atoms in total. The largest absolute Gasteiger partial charge is 0.506 e. The van der Waals surface area contributed by atoms with Gasteiger partial charge >= 0.3 is 0 Å². The summed E-state index contributed by atoms with van der Waals surface area (Å²) in [6.07, 6.45) is 0. The number of hydrogen-bond donors (Lipinski definition) is 2. The van der Waals surface area contributed by atoms with E-state index in [1.165, 1.54) is 0 Å². The molecule has 6 rings (SSSR count). The lowest BCUT2D eigenvalue weighted by atomic mass is 10.2. The highest BCUT2D eigenvalue weighted by Crippen LogP contribution is 2.37. The number of phenolic OH excluding ortho intramolecular Hbond substituents is 1. The highest BCUT2D eigenvalue weighted by Gasteiger charge is 2.15. The molecule has 0 radical (unpaired) electrons. The molecule has 0 bridgehead atoms. The Morgan fingerprint density at radius 2 is 1.65 bits per heavy atom. The normalized spacial score (nSPS) is 11.7. The van der Waals surface area contributed by atoms with Gasteiger partial charge in [0.2, 0.25) is 0 Å². The molecule has 0 aliphatic rings. The number of nitrogens with zero attached hydrogens (tertiary/aromatic N) is 6. The summed E-state index contributed by atoms with van der Waals surface area (Å²) in [6, 6.07) is 26.4. The van der Waals surface area contributed by atoms with Gasteiger partial charge in [-0.3, -0.25) is 0 Å². The maximum atomic E-state index is 9.83. The highest BCUT2D eigenvalue weighted by molar-refractivity contribution is 7.80. The zero-order valence-electron chi connectivity index (χ0n) is 17.6. The van der Waals surface area contributed by atoms with Gasteiger partial charge in [0.15, 0.2) is 0 Å². The molecule has 0 amide bonds. The minimum atomic E-state index is 0.0955. The molecule has 2 heterocycles. The molecule has 0 spiro atoms. The molecule has 0 saturated carbocycles. The van der Waals surface area contributed by atoms with Crippen LogP contribution in [0.4, 0.5) is 11.4 Å². The van der Waals surface area contributed by atoms with Crippen molar-refractivity contribution in [1.29, 1.82) is 0 Å². The Kier molecular flexibility index (Phi) is 5.05. The second kappa shape index (κ2) is 8.36. The summed E-state index contributed by atoms with van der Waals surface area (Å²) >= 11 is 6.40. The smallest absolute Gasteiger partial charge is 0.143 e. The Bertz CT molecular complexity index is 1690. The van der Waals surface area contributed by atoms with Crippen molar-refractivity contribution < 1.29 is 5.11 Å². The number of rotatable bonds is 4. The monoisotopic (exact) mass is 480 g/mol. The van der Waals surface area contributed by atoms with Gasteiger partial charge in [0.05, 0.1) is 32.0 Å². The van der Waals surface area contributed by atoms with Crippen molar-refractivity contribution in [3.63, 3.8) is 0 Å². The number of aromatic nitrogens is 4. The van der Waals surface area contributed by atoms with Gasteiger partial charge < -0.3 is 5.11 Å². The van der Waals surface area contributed by atoms with Crippen molar-refractivity contribution in [3.8, 4) is 22.0 Å². The van der Waals surface area contributed by atoms with E-state index in [1.54, 1.807) is 40.3 Å². The molecule has 0 aliphatic heterocycles. The van der Waals surface area contributed by atoms with Gasteiger partial charge in [0.25, 0.3) is 0 Å². The SMILES string of the molecule is Oc1ccccc1/N=N/c1ccc(-c2nc3c(S)c(-n4nnc5ccccc54)ccc3s2)cc1. The second-order valence-corrected chi connectivity index (χ2v) is 9.00. The molecule has 0 atom stereocenters. The first-order valence-corrected chi connectivity index (χ1v) is 11.7. The predicted octanol–water partition coefficient (Wildman–Crippen LogP) is 7.11. The Labute approximate surface area is 203 Å². The molecule has 0 aliphatic carbocycles. The van der Waals surface area contributed by atoms with Gasteiger partial charge in [-0.2, -0.15) is 5.11 Å². The average Bonchev–Trinajstić information content (AvgIpc) is 3.49. The molecular weight excluding hydrogens is 464 g/mol. The Hall–Kier alpha value is -4.08. The molecule has 34 heavy (non-hydrogen) atoms. The van der Waals surface area contributed by atoms with Crippen LogP contribution >= 0.6 is 24.0 Å². The van der Waals surface area contributed by atoms with Gasteiger partial charge in [0.1, 0.15) is 22.0 Å². The van der Waals surface area contributed by atoms with Crippen molar-refractivity contribution in [3.05, 3.63) is 84.9 Å². The van der Waals surface area contributed by atoms with Crippen molar-refractivity contribution >= 4 is 56.6 Å². The van der Waals surface area contributed by atoms with Gasteiger partial charge in [-0.1, -0.05) is 29.5 Å². The lowest BCUT2D eigenvalue weighted by Crippen LogP contribution is -1.98. The van der Waals surface area contributed by atoms with E-state index in [2.05, 4.69) is 20.5 Å². The van der Waals surface area contributed by atoms with Crippen LogP contribution < -0.4 is 0 Å². The number of phenols is 1. The second-order valence-electron chi connectivity index (χ2n) is 7.52. The predicted molar refractivity (Wildman–Crippen MR) is 137 cm³/mol. The molecule has 6 aromatic rings. The molecule has 4 aromatic carbocycles. The van der Waals surface area contributed by atoms with Crippen LogP contribution in [0.25, 0.3) is 37.5 Å². The van der Waals surface area contributed by atoms with Crippen LogP contribution in [0.3, 0.4) is 0 Å². The van der Waals surface area contributed by atoms with Crippen molar-refractivity contribution in [2.75, 3.05) is 0 Å². The first-order valence-electron chi connectivity index (χ1n) is 10.4. The number of azo groups is 1. The van der Waals surface area contributed by atoms with Crippen LogP contribution in [0, 0.1) is 0 Å². The third-order valence-corrected chi connectivity index (χ3v) is 6.87. The maximum absolute atomic E-state index is 9.83. The van der Waals surface area contributed by atoms with Gasteiger partial charge in [-0.05, 0) is 60.7 Å². The van der Waals surface area contributed by atoms with E-state index in [4.69, 9.17) is 17.6 Å². The number of hydrogen-bond acceptors (Lipinski definition) is 8. The van der Waals surface area contributed by atoms with Crippen LogP contribution in [0.15, 0.2) is 100 Å². The van der Waals surface area contributed by atoms with E-state index in [9.17, 15) is 5.11 Å². The minimum absolute atomic E-state index is 0.0955. The van der Waals surface area contributed by atoms with Crippen molar-refractivity contribution in [1.82, 2.24) is 20.0 Å². The molecule has 9 heteroatoms. The van der Waals surface area contributed by atoms with Crippen LogP contribution in [-0.2, 0) is 0 Å². The van der Waals surface area contributed by atoms with Crippen LogP contribution in [0.2, 0.25) is 0 Å². The zero-order valence-corrected chi connectivity index (χ0v) is 19.3. The zero-order chi connectivity index (χ0) is 23.1. The first-order chi connectivity index (χ1) is 16.7. The Morgan fingerprint density at radius 1 is 0.853 bits per heavy atom. The maximum Gasteiger partial charge on any atom is 0.143 e. The van der Waals surface area contributed by atoms with Gasteiger partial charge in [0, 0.05) is 5.56 Å². The summed E-state index contributed by atoms with van der Waals surface area (Å²) in [5, 5.41) is 27.6. The van der Waals surface area contributed by atoms with Crippen LogP contribution in [-0.4, -0.2) is 25.1 Å². The number of thiol groups is 1. The Morgan fingerprint density at radius 3 is 2.50 bits per heavy atom. The fraction of sp³-hybridized carbons (Fsp3) is 0. The van der Waals surface area contributed by atoms with E-state index in [0.29, 0.717) is 11.4 Å². The van der Waals surface area contributed by atoms with Gasteiger partial charge in [-0.25, -0.2) is 9.67 Å². The van der Waals surface area contributed by atoms with Gasteiger partial charge in [-0.15, -0.1) is 34.2 Å². The quantitative estimate of drug-likeness (QED) is 0.208. The third kappa shape index (κ3) is 3.60. The fourth-order valence-corrected chi connectivity index (χ4v) is 5.04. The number of para-hydroxylation sites is 2. The molecular formula is C25H16N6OS2. The number of benzene rings is 4. The molecule has 1 N–H and O–H groups in total. The highest BCUT2D eigenvalue weighted by atomic mass is 32.1. The first kappa shape index (κ1) is 20.5. The van der Waals surface area contributed by atoms with E-state index < -0.39 is 0 Å². The average molecular weight is 481 g/mol. The molecule has 0 unspecified atom stereocenters. The molecule has 0 saturated heterocycles. The van der Waals surface area contributed by atoms with Crippen LogP contribution in [0.5, 0.6) is 5.75 Å². The lowest BCUT2D eigenvalue weighted by Gasteiger charge is -2.06. The molecule has 2 aromatic heterocycles. The van der Waals surface area contributed by atoms with E-state index in [0.717, 1.165) is 42.4 Å². The summed E-state index contributed by atoms with van der Waals surface area (Å²) in [5.74, 6) is 0.0955. The van der Waals surface area contributed by atoms with Crippen molar-refractivity contribution in [2.45, 2.75) is 4.90 Å². The third-order valence-electron chi connectivity index (χ3n) is 5.36. The summed E-state index contributed by atoms with van der Waals surface area (Å²) in [4.78, 5) is 5.61. The topological polar surface area (TPSA) is 88.5 Å². The summed E-state index contributed by atoms with van der Waals surface area (Å²) in [5.41, 5.74) is 5.49. The fourth-order valence-electron chi connectivity index (χ4n) is 3.64. The number of thiazole rings is 1. The summed E-state index contributed by atoms with van der Waals surface area (Å²) in [7, 11) is 0. The molecule has 0 fully saturated rings. The standard InChI is InChI=1S/C25H16N6OS2/c32-21-8-4-2-6-18(21)28-27-16-11-9-15(10-12-16)25-26-23-22(34-25)14-13-20(24(23)33)31-19-7-3-1-5-17(19)29-30-31/h1-14,32-33H/b28-27+. The summed E-state index contributed by atoms with van der Waals surface area (Å²) < 4.78 is 2.83. The van der Waals surface area contributed by atoms with Crippen LogP contribution in [0.1, 0.15) is 0 Å². The minimum Gasteiger partial charge on any atom is -0.506 e. The number of fused-ring (bicyclic) bond motifs is 2. The lowest BCUT2D eigenvalue weighted by molar-refractivity contribution is 0.476. The Balaban J connectivity index is 1.33. The van der Waals surface area contributed by atoms with E-state index in [1.807, 2.05) is 60.7 Å². The van der Waals surface area contributed by atoms with Crippen molar-refractivity contribution in [2.24, 2.45) is 10.2 Å². The number of aromatic hydroxyl groups is 1. The van der Waals surface area contributed by atoms with E-state index >= 15 is 0 Å². The summed E-state index contributed by atoms with van der Waals surface area (Å²) in [6.45, 7) is 0.